The Morgan fingerprint density at radius 2 is 2.00 bits per heavy atom. The van der Waals surface area contributed by atoms with Gasteiger partial charge in [-0.3, -0.25) is 0 Å². The summed E-state index contributed by atoms with van der Waals surface area (Å²) < 4.78 is 49.6. The highest BCUT2D eigenvalue weighted by atomic mass is 19.4. The van der Waals surface area contributed by atoms with Gasteiger partial charge in [-0.25, -0.2) is 0 Å². The maximum absolute atomic E-state index is 13.1. The Bertz CT molecular complexity index is 435. The minimum atomic E-state index is -4.44. The van der Waals surface area contributed by atoms with E-state index in [1.54, 1.807) is 13.0 Å². The molecule has 0 bridgehead atoms. The van der Waals surface area contributed by atoms with Gasteiger partial charge in [-0.15, -0.1) is 0 Å². The maximum atomic E-state index is 13.1. The Hall–Kier alpha value is -1.27. The van der Waals surface area contributed by atoms with E-state index in [1.165, 1.54) is 13.2 Å². The average Bonchev–Trinajstić information content (AvgIpc) is 2.39. The molecule has 3 nitrogen and oxygen atoms in total. The van der Waals surface area contributed by atoms with Crippen LogP contribution in [0.1, 0.15) is 31.4 Å². The Morgan fingerprint density at radius 3 is 2.57 bits per heavy atom. The van der Waals surface area contributed by atoms with Gasteiger partial charge in [-0.1, -0.05) is 13.0 Å². The van der Waals surface area contributed by atoms with E-state index >= 15 is 0 Å². The van der Waals surface area contributed by atoms with Crippen molar-refractivity contribution in [2.75, 3.05) is 20.3 Å². The predicted molar refractivity (Wildman–Crippen MR) is 75.4 cm³/mol. The summed E-state index contributed by atoms with van der Waals surface area (Å²) in [6.07, 6.45) is -3.95. The molecule has 0 amide bonds. The van der Waals surface area contributed by atoms with E-state index in [4.69, 9.17) is 9.47 Å². The molecule has 0 aliphatic carbocycles. The summed E-state index contributed by atoms with van der Waals surface area (Å²) >= 11 is 0. The van der Waals surface area contributed by atoms with Gasteiger partial charge in [0.2, 0.25) is 0 Å². The molecule has 1 N–H and O–H groups in total. The van der Waals surface area contributed by atoms with Gasteiger partial charge in [0.25, 0.3) is 0 Å². The lowest BCUT2D eigenvalue weighted by Gasteiger charge is -2.19. The summed E-state index contributed by atoms with van der Waals surface area (Å²) in [5, 5.41) is 3.08. The van der Waals surface area contributed by atoms with Gasteiger partial charge in [0.05, 0.1) is 12.2 Å². The Kier molecular flexibility index (Phi) is 6.98. The first kappa shape index (κ1) is 17.8. The highest BCUT2D eigenvalue weighted by Gasteiger charge is 2.35. The van der Waals surface area contributed by atoms with E-state index in [1.807, 2.05) is 6.92 Å². The van der Waals surface area contributed by atoms with Crippen molar-refractivity contribution in [3.05, 3.63) is 29.3 Å². The van der Waals surface area contributed by atoms with E-state index in [9.17, 15) is 13.2 Å². The normalized spacial score (nSPS) is 13.2. The van der Waals surface area contributed by atoms with E-state index < -0.39 is 17.8 Å². The van der Waals surface area contributed by atoms with Crippen LogP contribution < -0.4 is 10.1 Å². The van der Waals surface area contributed by atoms with Gasteiger partial charge in [-0.05, 0) is 37.6 Å². The van der Waals surface area contributed by atoms with Crippen LogP contribution in [0.15, 0.2) is 18.2 Å². The fourth-order valence-corrected chi connectivity index (χ4v) is 1.91. The topological polar surface area (TPSA) is 30.5 Å². The number of benzene rings is 1. The number of halogens is 3. The standard InChI is InChI=1S/C15H22F3NO2/c1-4-7-19-9-12-5-6-14(21-11(2)10-20-3)13(8-12)15(16,17)18/h5-6,8,11,19H,4,7,9-10H2,1-3H3. The first-order chi connectivity index (χ1) is 9.88. The molecule has 0 saturated carbocycles. The molecule has 120 valence electrons. The summed E-state index contributed by atoms with van der Waals surface area (Å²) in [5.74, 6) is -0.161. The van der Waals surface area contributed by atoms with Crippen molar-refractivity contribution in [1.82, 2.24) is 5.32 Å². The summed E-state index contributed by atoms with van der Waals surface area (Å²) in [5.41, 5.74) is -0.163. The smallest absolute Gasteiger partial charge is 0.419 e. The highest BCUT2D eigenvalue weighted by molar-refractivity contribution is 5.39. The fraction of sp³-hybridized carbons (Fsp3) is 0.600. The van der Waals surface area contributed by atoms with Crippen molar-refractivity contribution in [1.29, 1.82) is 0 Å². The van der Waals surface area contributed by atoms with Crippen molar-refractivity contribution in [3.63, 3.8) is 0 Å². The zero-order valence-electron chi connectivity index (χ0n) is 12.6. The molecule has 1 atom stereocenters. The minimum absolute atomic E-state index is 0.161. The molecule has 0 radical (unpaired) electrons. The number of nitrogens with one attached hydrogen (secondary N) is 1. The largest absolute Gasteiger partial charge is 0.488 e. The highest BCUT2D eigenvalue weighted by Crippen LogP contribution is 2.37. The number of methoxy groups -OCH3 is 1. The molecule has 1 aromatic rings. The predicted octanol–water partition coefficient (Wildman–Crippen LogP) is 3.62. The van der Waals surface area contributed by atoms with Crippen LogP contribution in [-0.4, -0.2) is 26.4 Å². The van der Waals surface area contributed by atoms with Crippen LogP contribution in [0.2, 0.25) is 0 Å². The van der Waals surface area contributed by atoms with Crippen LogP contribution in [0, 0.1) is 0 Å². The van der Waals surface area contributed by atoms with Crippen LogP contribution in [0.25, 0.3) is 0 Å². The molecule has 0 fully saturated rings. The van der Waals surface area contributed by atoms with Gasteiger partial charge in [0, 0.05) is 13.7 Å². The van der Waals surface area contributed by atoms with Crippen LogP contribution in [-0.2, 0) is 17.5 Å². The second-order valence-corrected chi connectivity index (χ2v) is 4.89. The van der Waals surface area contributed by atoms with Gasteiger partial charge in [0.15, 0.2) is 0 Å². The number of hydrogen-bond donors (Lipinski definition) is 1. The molecule has 0 heterocycles. The van der Waals surface area contributed by atoms with Gasteiger partial charge in [-0.2, -0.15) is 13.2 Å². The second kappa shape index (κ2) is 8.24. The van der Waals surface area contributed by atoms with Gasteiger partial charge >= 0.3 is 6.18 Å². The summed E-state index contributed by atoms with van der Waals surface area (Å²) in [7, 11) is 1.48. The molecule has 1 rings (SSSR count). The van der Waals surface area contributed by atoms with Crippen molar-refractivity contribution < 1.29 is 22.6 Å². The van der Waals surface area contributed by atoms with E-state index in [-0.39, 0.29) is 12.4 Å². The molecule has 0 aliphatic rings. The molecule has 1 unspecified atom stereocenters. The molecular weight excluding hydrogens is 283 g/mol. The fourth-order valence-electron chi connectivity index (χ4n) is 1.91. The van der Waals surface area contributed by atoms with Crippen LogP contribution >= 0.6 is 0 Å². The number of alkyl halides is 3. The molecule has 21 heavy (non-hydrogen) atoms. The summed E-state index contributed by atoms with van der Waals surface area (Å²) in [6, 6.07) is 4.15. The first-order valence-corrected chi connectivity index (χ1v) is 6.95. The lowest BCUT2D eigenvalue weighted by atomic mass is 10.1. The molecule has 0 saturated heterocycles. The van der Waals surface area contributed by atoms with E-state index in [0.717, 1.165) is 19.0 Å². The number of ether oxygens (including phenoxy) is 2. The zero-order chi connectivity index (χ0) is 15.9. The first-order valence-electron chi connectivity index (χ1n) is 6.95. The van der Waals surface area contributed by atoms with Crippen molar-refractivity contribution in [3.8, 4) is 5.75 Å². The summed E-state index contributed by atoms with van der Waals surface area (Å²) in [6.45, 7) is 5.08. The van der Waals surface area contributed by atoms with E-state index in [0.29, 0.717) is 12.1 Å². The third-order valence-corrected chi connectivity index (χ3v) is 2.83. The molecule has 1 aromatic carbocycles. The quantitative estimate of drug-likeness (QED) is 0.744. The average molecular weight is 305 g/mol. The van der Waals surface area contributed by atoms with Crippen LogP contribution in [0.4, 0.5) is 13.2 Å². The van der Waals surface area contributed by atoms with Gasteiger partial charge in [0.1, 0.15) is 11.9 Å². The lowest BCUT2D eigenvalue weighted by molar-refractivity contribution is -0.139. The van der Waals surface area contributed by atoms with Crippen molar-refractivity contribution in [2.24, 2.45) is 0 Å². The Balaban J connectivity index is 2.92. The molecule has 6 heteroatoms. The lowest BCUT2D eigenvalue weighted by Crippen LogP contribution is -2.21. The number of hydrogen-bond acceptors (Lipinski definition) is 3. The minimum Gasteiger partial charge on any atom is -0.488 e. The second-order valence-electron chi connectivity index (χ2n) is 4.89. The monoisotopic (exact) mass is 305 g/mol. The van der Waals surface area contributed by atoms with Crippen molar-refractivity contribution in [2.45, 2.75) is 39.1 Å². The maximum Gasteiger partial charge on any atom is 0.419 e. The molecule has 0 aliphatic heterocycles. The van der Waals surface area contributed by atoms with Crippen LogP contribution in [0.5, 0.6) is 5.75 Å². The SMILES string of the molecule is CCCNCc1ccc(OC(C)COC)c(C(F)(F)F)c1. The molecule has 0 aromatic heterocycles. The van der Waals surface area contributed by atoms with Crippen molar-refractivity contribution >= 4 is 0 Å². The Labute approximate surface area is 123 Å². The molecule has 0 spiro atoms. The third-order valence-electron chi connectivity index (χ3n) is 2.83. The van der Waals surface area contributed by atoms with E-state index in [2.05, 4.69) is 5.32 Å². The zero-order valence-corrected chi connectivity index (χ0v) is 12.6. The van der Waals surface area contributed by atoms with Crippen LogP contribution in [0.3, 0.4) is 0 Å². The summed E-state index contributed by atoms with van der Waals surface area (Å²) in [4.78, 5) is 0. The van der Waals surface area contributed by atoms with Gasteiger partial charge < -0.3 is 14.8 Å². The third kappa shape index (κ3) is 5.93. The Morgan fingerprint density at radius 1 is 1.29 bits per heavy atom. The number of rotatable bonds is 8. The molecular formula is C15H22F3NO2.